The first-order valence-corrected chi connectivity index (χ1v) is 5.63. The summed E-state index contributed by atoms with van der Waals surface area (Å²) in [5.74, 6) is 0.0298. The quantitative estimate of drug-likeness (QED) is 0.714. The molecule has 0 unspecified atom stereocenters. The highest BCUT2D eigenvalue weighted by Crippen LogP contribution is 2.32. The van der Waals surface area contributed by atoms with Gasteiger partial charge in [-0.2, -0.15) is 0 Å². The van der Waals surface area contributed by atoms with Gasteiger partial charge in [0.1, 0.15) is 5.82 Å². The number of rotatable bonds is 1. The maximum absolute atomic E-state index is 13.1. The summed E-state index contributed by atoms with van der Waals surface area (Å²) in [5.41, 5.74) is 2.53. The van der Waals surface area contributed by atoms with Crippen molar-refractivity contribution in [3.05, 3.63) is 40.3 Å². The first kappa shape index (κ1) is 11.3. The smallest absolute Gasteiger partial charge is 0.125 e. The molecule has 3 heteroatoms. The molecule has 0 fully saturated rings. The van der Waals surface area contributed by atoms with Gasteiger partial charge in [-0.1, -0.05) is 25.4 Å². The molecule has 0 amide bonds. The van der Waals surface area contributed by atoms with E-state index in [4.69, 9.17) is 11.6 Å². The van der Waals surface area contributed by atoms with Gasteiger partial charge < -0.3 is 0 Å². The van der Waals surface area contributed by atoms with Crippen LogP contribution in [0.2, 0.25) is 5.02 Å². The summed E-state index contributed by atoms with van der Waals surface area (Å²) in [4.78, 5) is 4.39. The number of halogens is 2. The van der Waals surface area contributed by atoms with E-state index in [-0.39, 0.29) is 5.82 Å². The van der Waals surface area contributed by atoms with Crippen molar-refractivity contribution in [3.8, 4) is 0 Å². The average molecular weight is 238 g/mol. The van der Waals surface area contributed by atoms with E-state index in [2.05, 4.69) is 18.8 Å². The number of fused-ring (bicyclic) bond motifs is 1. The molecule has 0 aliphatic heterocycles. The molecular weight excluding hydrogens is 225 g/mol. The Hall–Kier alpha value is -1.15. The fourth-order valence-electron chi connectivity index (χ4n) is 2.00. The molecule has 84 valence electrons. The molecule has 2 aromatic rings. The fraction of sp³-hybridized carbons (Fsp3) is 0.308. The second kappa shape index (κ2) is 4.02. The van der Waals surface area contributed by atoms with Gasteiger partial charge in [0.15, 0.2) is 0 Å². The summed E-state index contributed by atoms with van der Waals surface area (Å²) >= 11 is 6.33. The molecule has 0 N–H and O–H groups in total. The van der Waals surface area contributed by atoms with E-state index in [1.807, 2.05) is 6.92 Å². The molecule has 0 bridgehead atoms. The second-order valence-corrected chi connectivity index (χ2v) is 4.62. The van der Waals surface area contributed by atoms with Gasteiger partial charge in [-0.05, 0) is 30.5 Å². The molecule has 0 spiro atoms. The fourth-order valence-corrected chi connectivity index (χ4v) is 2.51. The van der Waals surface area contributed by atoms with Crippen LogP contribution in [-0.4, -0.2) is 4.98 Å². The van der Waals surface area contributed by atoms with Crippen LogP contribution in [0.4, 0.5) is 4.39 Å². The molecule has 1 aromatic carbocycles. The van der Waals surface area contributed by atoms with E-state index in [0.717, 1.165) is 16.6 Å². The zero-order valence-corrected chi connectivity index (χ0v) is 10.3. The monoisotopic (exact) mass is 237 g/mol. The molecule has 0 saturated carbocycles. The predicted octanol–water partition coefficient (Wildman–Crippen LogP) is 4.46. The van der Waals surface area contributed by atoms with E-state index in [1.54, 1.807) is 6.07 Å². The molecular formula is C13H13ClFN. The van der Waals surface area contributed by atoms with E-state index in [9.17, 15) is 4.39 Å². The Bertz CT molecular complexity index is 549. The topological polar surface area (TPSA) is 12.9 Å². The van der Waals surface area contributed by atoms with Crippen LogP contribution in [-0.2, 0) is 0 Å². The maximum Gasteiger partial charge on any atom is 0.125 e. The summed E-state index contributed by atoms with van der Waals surface area (Å²) in [5, 5.41) is 1.51. The molecule has 0 atom stereocenters. The van der Waals surface area contributed by atoms with Crippen LogP contribution in [0.15, 0.2) is 18.2 Å². The van der Waals surface area contributed by atoms with E-state index < -0.39 is 0 Å². The van der Waals surface area contributed by atoms with Crippen LogP contribution in [0.1, 0.15) is 31.0 Å². The van der Waals surface area contributed by atoms with Gasteiger partial charge in [0, 0.05) is 17.1 Å². The molecule has 0 aliphatic rings. The van der Waals surface area contributed by atoms with Gasteiger partial charge in [-0.3, -0.25) is 4.98 Å². The van der Waals surface area contributed by atoms with Crippen LogP contribution in [0, 0.1) is 12.7 Å². The molecule has 2 rings (SSSR count). The first-order valence-electron chi connectivity index (χ1n) is 5.26. The van der Waals surface area contributed by atoms with Gasteiger partial charge in [-0.25, -0.2) is 4.39 Å². The predicted molar refractivity (Wildman–Crippen MR) is 65.5 cm³/mol. The normalized spacial score (nSPS) is 11.4. The second-order valence-electron chi connectivity index (χ2n) is 4.24. The van der Waals surface area contributed by atoms with Crippen LogP contribution >= 0.6 is 11.6 Å². The van der Waals surface area contributed by atoms with Crippen molar-refractivity contribution in [2.75, 3.05) is 0 Å². The molecule has 0 saturated heterocycles. The highest BCUT2D eigenvalue weighted by atomic mass is 35.5. The highest BCUT2D eigenvalue weighted by Gasteiger charge is 2.13. The summed E-state index contributed by atoms with van der Waals surface area (Å²) in [7, 11) is 0. The Balaban J connectivity index is 2.83. The molecule has 0 radical (unpaired) electrons. The summed E-state index contributed by atoms with van der Waals surface area (Å²) in [6.45, 7) is 6.06. The Labute approximate surface area is 99.3 Å². The van der Waals surface area contributed by atoms with Gasteiger partial charge in [-0.15, -0.1) is 0 Å². The van der Waals surface area contributed by atoms with E-state index in [1.165, 1.54) is 12.1 Å². The van der Waals surface area contributed by atoms with E-state index in [0.29, 0.717) is 16.5 Å². The van der Waals surface area contributed by atoms with Crippen LogP contribution in [0.3, 0.4) is 0 Å². The summed E-state index contributed by atoms with van der Waals surface area (Å²) in [6, 6.07) is 4.51. The largest absolute Gasteiger partial charge is 0.253 e. The molecule has 0 aliphatic carbocycles. The van der Waals surface area contributed by atoms with Crippen molar-refractivity contribution in [2.45, 2.75) is 26.7 Å². The number of nitrogens with zero attached hydrogens (tertiary/aromatic N) is 1. The number of aromatic nitrogens is 1. The Morgan fingerprint density at radius 3 is 2.62 bits per heavy atom. The third-order valence-electron chi connectivity index (χ3n) is 2.69. The third-order valence-corrected chi connectivity index (χ3v) is 3.10. The zero-order chi connectivity index (χ0) is 11.9. The van der Waals surface area contributed by atoms with Gasteiger partial charge in [0.25, 0.3) is 0 Å². The third kappa shape index (κ3) is 1.78. The van der Waals surface area contributed by atoms with Crippen molar-refractivity contribution in [1.82, 2.24) is 4.98 Å². The lowest BCUT2D eigenvalue weighted by Crippen LogP contribution is -1.98. The Morgan fingerprint density at radius 2 is 2.00 bits per heavy atom. The number of aryl methyl sites for hydroxylation is 1. The van der Waals surface area contributed by atoms with Gasteiger partial charge >= 0.3 is 0 Å². The first-order chi connectivity index (χ1) is 7.50. The Morgan fingerprint density at radius 1 is 1.31 bits per heavy atom. The Kier molecular flexibility index (Phi) is 2.85. The SMILES string of the molecule is Cc1nc2cc(F)ccc2c(Cl)c1C(C)C. The lowest BCUT2D eigenvalue weighted by atomic mass is 9.99. The van der Waals surface area contributed by atoms with Crippen molar-refractivity contribution in [1.29, 1.82) is 0 Å². The lowest BCUT2D eigenvalue weighted by molar-refractivity contribution is 0.629. The van der Waals surface area contributed by atoms with Crippen LogP contribution in [0.25, 0.3) is 10.9 Å². The zero-order valence-electron chi connectivity index (χ0n) is 9.51. The number of pyridine rings is 1. The van der Waals surface area contributed by atoms with Crippen molar-refractivity contribution in [2.24, 2.45) is 0 Å². The van der Waals surface area contributed by atoms with E-state index >= 15 is 0 Å². The molecule has 16 heavy (non-hydrogen) atoms. The lowest BCUT2D eigenvalue weighted by Gasteiger charge is -2.13. The molecule has 1 nitrogen and oxygen atoms in total. The number of hydrogen-bond acceptors (Lipinski definition) is 1. The van der Waals surface area contributed by atoms with Crippen LogP contribution in [0.5, 0.6) is 0 Å². The number of hydrogen-bond donors (Lipinski definition) is 0. The van der Waals surface area contributed by atoms with Gasteiger partial charge in [0.05, 0.1) is 10.5 Å². The maximum atomic E-state index is 13.1. The summed E-state index contributed by atoms with van der Waals surface area (Å²) in [6.07, 6.45) is 0. The highest BCUT2D eigenvalue weighted by molar-refractivity contribution is 6.36. The standard InChI is InChI=1S/C13H13ClFN/c1-7(2)12-8(3)16-11-6-9(15)4-5-10(11)13(12)14/h4-7H,1-3H3. The summed E-state index contributed by atoms with van der Waals surface area (Å²) < 4.78 is 13.1. The number of benzene rings is 1. The average Bonchev–Trinajstić information content (AvgIpc) is 2.15. The minimum Gasteiger partial charge on any atom is -0.253 e. The molecule has 1 aromatic heterocycles. The van der Waals surface area contributed by atoms with Gasteiger partial charge in [0.2, 0.25) is 0 Å². The van der Waals surface area contributed by atoms with Crippen molar-refractivity contribution < 1.29 is 4.39 Å². The minimum absolute atomic E-state index is 0.284. The minimum atomic E-state index is -0.284. The van der Waals surface area contributed by atoms with Crippen LogP contribution < -0.4 is 0 Å². The van der Waals surface area contributed by atoms with Crippen molar-refractivity contribution >= 4 is 22.5 Å². The van der Waals surface area contributed by atoms with Crippen molar-refractivity contribution in [3.63, 3.8) is 0 Å². The molecule has 1 heterocycles.